The maximum Gasteiger partial charge on any atom is 0.242 e. The molecule has 2 aromatic rings. The van der Waals surface area contributed by atoms with Crippen molar-refractivity contribution in [3.63, 3.8) is 0 Å². The van der Waals surface area contributed by atoms with Gasteiger partial charge in [-0.25, -0.2) is 0 Å². The Kier molecular flexibility index (Phi) is 9.67. The van der Waals surface area contributed by atoms with Crippen molar-refractivity contribution in [1.82, 2.24) is 10.2 Å². The van der Waals surface area contributed by atoms with Gasteiger partial charge in [0.25, 0.3) is 0 Å². The van der Waals surface area contributed by atoms with Crippen LogP contribution in [0, 0.1) is 6.92 Å². The third-order valence-corrected chi connectivity index (χ3v) is 5.92. The van der Waals surface area contributed by atoms with Gasteiger partial charge in [-0.1, -0.05) is 73.8 Å². The molecular formula is C24H30Cl2N2O2. The molecule has 1 atom stereocenters. The molecule has 0 heterocycles. The summed E-state index contributed by atoms with van der Waals surface area (Å²) in [5.74, 6) is -0.273. The summed E-state index contributed by atoms with van der Waals surface area (Å²) in [7, 11) is 0. The Morgan fingerprint density at radius 1 is 1.03 bits per heavy atom. The first-order chi connectivity index (χ1) is 14.4. The van der Waals surface area contributed by atoms with Gasteiger partial charge >= 0.3 is 0 Å². The molecule has 0 fully saturated rings. The first kappa shape index (κ1) is 24.2. The highest BCUT2D eigenvalue weighted by atomic mass is 35.5. The Bertz CT molecular complexity index is 850. The fourth-order valence-corrected chi connectivity index (χ4v) is 3.87. The lowest BCUT2D eigenvalue weighted by Gasteiger charge is -2.31. The first-order valence-corrected chi connectivity index (χ1v) is 11.2. The minimum Gasteiger partial charge on any atom is -0.354 e. The van der Waals surface area contributed by atoms with Gasteiger partial charge in [0.2, 0.25) is 11.8 Å². The smallest absolute Gasteiger partial charge is 0.242 e. The average Bonchev–Trinajstić information content (AvgIpc) is 2.71. The van der Waals surface area contributed by atoms with Crippen LogP contribution in [-0.2, 0) is 22.6 Å². The zero-order valence-corrected chi connectivity index (χ0v) is 19.4. The maximum atomic E-state index is 13.4. The Morgan fingerprint density at radius 2 is 1.70 bits per heavy atom. The van der Waals surface area contributed by atoms with E-state index >= 15 is 0 Å². The summed E-state index contributed by atoms with van der Waals surface area (Å²) in [5, 5.41) is 3.93. The van der Waals surface area contributed by atoms with Gasteiger partial charge in [-0.15, -0.1) is 0 Å². The van der Waals surface area contributed by atoms with Crippen molar-refractivity contribution in [2.24, 2.45) is 0 Å². The molecule has 0 aliphatic carbocycles. The fourth-order valence-electron chi connectivity index (χ4n) is 3.35. The summed E-state index contributed by atoms with van der Waals surface area (Å²) in [6.07, 6.45) is 2.60. The van der Waals surface area contributed by atoms with Gasteiger partial charge in [0, 0.05) is 28.7 Å². The first-order valence-electron chi connectivity index (χ1n) is 10.4. The number of hydrogen-bond acceptors (Lipinski definition) is 2. The van der Waals surface area contributed by atoms with E-state index in [-0.39, 0.29) is 24.8 Å². The van der Waals surface area contributed by atoms with Gasteiger partial charge in [0.15, 0.2) is 0 Å². The summed E-state index contributed by atoms with van der Waals surface area (Å²) in [5.41, 5.74) is 2.64. The zero-order chi connectivity index (χ0) is 22.1. The zero-order valence-electron chi connectivity index (χ0n) is 17.9. The molecule has 2 rings (SSSR count). The van der Waals surface area contributed by atoms with Gasteiger partial charge in [-0.05, 0) is 43.0 Å². The Balaban J connectivity index is 2.33. The Morgan fingerprint density at radius 3 is 2.30 bits per heavy atom. The molecule has 0 radical (unpaired) electrons. The van der Waals surface area contributed by atoms with Crippen LogP contribution in [-0.4, -0.2) is 29.3 Å². The van der Waals surface area contributed by atoms with E-state index < -0.39 is 6.04 Å². The molecule has 4 nitrogen and oxygen atoms in total. The van der Waals surface area contributed by atoms with Crippen LogP contribution in [0.15, 0.2) is 42.5 Å². The number of nitrogens with one attached hydrogen (secondary N) is 1. The summed E-state index contributed by atoms with van der Waals surface area (Å²) in [4.78, 5) is 27.9. The number of aryl methyl sites for hydroxylation is 1. The molecule has 2 aromatic carbocycles. The number of amides is 2. The van der Waals surface area contributed by atoms with Crippen LogP contribution in [0.4, 0.5) is 0 Å². The maximum absolute atomic E-state index is 13.4. The molecule has 0 spiro atoms. The number of rotatable bonds is 10. The number of nitrogens with zero attached hydrogens (tertiary/aromatic N) is 1. The quantitative estimate of drug-likeness (QED) is 0.483. The van der Waals surface area contributed by atoms with Crippen LogP contribution in [0.3, 0.4) is 0 Å². The second kappa shape index (κ2) is 12.0. The van der Waals surface area contributed by atoms with Crippen LogP contribution < -0.4 is 5.32 Å². The Hall–Kier alpha value is -2.04. The van der Waals surface area contributed by atoms with Crippen LogP contribution in [0.1, 0.15) is 49.8 Å². The van der Waals surface area contributed by atoms with Crippen molar-refractivity contribution in [3.8, 4) is 0 Å². The van der Waals surface area contributed by atoms with Crippen molar-refractivity contribution < 1.29 is 9.59 Å². The SMILES string of the molecule is CCCCNC(=O)[C@@H](CC)N(Cc1c(Cl)cccc1Cl)C(=O)Cc1ccccc1C. The second-order valence-corrected chi connectivity index (χ2v) is 8.21. The molecule has 0 aliphatic heterocycles. The van der Waals surface area contributed by atoms with Crippen molar-refractivity contribution in [2.75, 3.05) is 6.54 Å². The van der Waals surface area contributed by atoms with E-state index in [1.165, 1.54) is 0 Å². The molecule has 1 N–H and O–H groups in total. The Labute approximate surface area is 189 Å². The highest BCUT2D eigenvalue weighted by molar-refractivity contribution is 6.36. The highest BCUT2D eigenvalue weighted by Gasteiger charge is 2.29. The van der Waals surface area contributed by atoms with Gasteiger partial charge in [0.1, 0.15) is 6.04 Å². The number of benzene rings is 2. The van der Waals surface area contributed by atoms with Gasteiger partial charge < -0.3 is 10.2 Å². The molecule has 0 aliphatic rings. The molecule has 0 aromatic heterocycles. The van der Waals surface area contributed by atoms with Crippen LogP contribution in [0.2, 0.25) is 10.0 Å². The lowest BCUT2D eigenvalue weighted by Crippen LogP contribution is -2.49. The number of carbonyl (C=O) groups is 2. The number of hydrogen-bond donors (Lipinski definition) is 1. The molecule has 0 bridgehead atoms. The van der Waals surface area contributed by atoms with E-state index in [0.29, 0.717) is 28.6 Å². The largest absolute Gasteiger partial charge is 0.354 e. The van der Waals surface area contributed by atoms with Gasteiger partial charge in [-0.2, -0.15) is 0 Å². The predicted octanol–water partition coefficient (Wildman–Crippen LogP) is 5.57. The van der Waals surface area contributed by atoms with Crippen molar-refractivity contribution in [3.05, 3.63) is 69.2 Å². The third kappa shape index (κ3) is 6.48. The lowest BCUT2D eigenvalue weighted by atomic mass is 10.0. The standard InChI is InChI=1S/C24H30Cl2N2O2/c1-4-6-14-27-24(30)22(5-2)28(16-19-20(25)12-9-13-21(19)26)23(29)15-18-11-8-7-10-17(18)3/h7-13,22H,4-6,14-16H2,1-3H3,(H,27,30)/t22-/m1/s1. The minimum atomic E-state index is -0.592. The molecule has 2 amide bonds. The molecule has 0 saturated heterocycles. The van der Waals surface area contributed by atoms with Crippen molar-refractivity contribution in [1.29, 1.82) is 0 Å². The lowest BCUT2D eigenvalue weighted by molar-refractivity contribution is -0.140. The number of halogens is 2. The van der Waals surface area contributed by atoms with Crippen LogP contribution in [0.25, 0.3) is 0 Å². The highest BCUT2D eigenvalue weighted by Crippen LogP contribution is 2.27. The predicted molar refractivity (Wildman–Crippen MR) is 124 cm³/mol. The summed E-state index contributed by atoms with van der Waals surface area (Å²) >= 11 is 12.7. The van der Waals surface area contributed by atoms with E-state index in [4.69, 9.17) is 23.2 Å². The van der Waals surface area contributed by atoms with Crippen molar-refractivity contribution >= 4 is 35.0 Å². The summed E-state index contributed by atoms with van der Waals surface area (Å²) < 4.78 is 0. The number of carbonyl (C=O) groups excluding carboxylic acids is 2. The average molecular weight is 449 g/mol. The fraction of sp³-hybridized carbons (Fsp3) is 0.417. The van der Waals surface area contributed by atoms with Crippen LogP contribution in [0.5, 0.6) is 0 Å². The van der Waals surface area contributed by atoms with E-state index in [2.05, 4.69) is 12.2 Å². The minimum absolute atomic E-state index is 0.127. The van der Waals surface area contributed by atoms with E-state index in [9.17, 15) is 9.59 Å². The second-order valence-electron chi connectivity index (χ2n) is 7.39. The molecular weight excluding hydrogens is 419 g/mol. The van der Waals surface area contributed by atoms with Gasteiger partial charge in [-0.3, -0.25) is 9.59 Å². The van der Waals surface area contributed by atoms with E-state index in [1.807, 2.05) is 38.1 Å². The molecule has 0 unspecified atom stereocenters. The van der Waals surface area contributed by atoms with Gasteiger partial charge in [0.05, 0.1) is 6.42 Å². The molecule has 162 valence electrons. The van der Waals surface area contributed by atoms with E-state index in [1.54, 1.807) is 23.1 Å². The molecule has 30 heavy (non-hydrogen) atoms. The van der Waals surface area contributed by atoms with Crippen molar-refractivity contribution in [2.45, 2.75) is 59.0 Å². The number of unbranched alkanes of at least 4 members (excludes halogenated alkanes) is 1. The summed E-state index contributed by atoms with van der Waals surface area (Å²) in [6, 6.07) is 12.4. The van der Waals surface area contributed by atoms with Crippen LogP contribution >= 0.6 is 23.2 Å². The monoisotopic (exact) mass is 448 g/mol. The molecule has 0 saturated carbocycles. The third-order valence-electron chi connectivity index (χ3n) is 5.21. The molecule has 6 heteroatoms. The normalized spacial score (nSPS) is 11.8. The summed E-state index contributed by atoms with van der Waals surface area (Å²) in [6.45, 7) is 6.74. The topological polar surface area (TPSA) is 49.4 Å². The van der Waals surface area contributed by atoms with E-state index in [0.717, 1.165) is 24.0 Å².